The van der Waals surface area contributed by atoms with Crippen molar-refractivity contribution in [2.75, 3.05) is 7.05 Å². The molecule has 0 fully saturated rings. The third kappa shape index (κ3) is 7.06. The van der Waals surface area contributed by atoms with Crippen LogP contribution < -0.4 is 5.32 Å². The fourth-order valence-electron chi connectivity index (χ4n) is 1.67. The molecule has 0 heterocycles. The number of nitrogens with one attached hydrogen (secondary N) is 1. The lowest BCUT2D eigenvalue weighted by Gasteiger charge is -2.19. The molecule has 0 saturated carbocycles. The first-order valence-electron chi connectivity index (χ1n) is 5.91. The van der Waals surface area contributed by atoms with Crippen molar-refractivity contribution in [2.45, 2.75) is 65.3 Å². The molecule has 0 saturated heterocycles. The molecule has 0 spiro atoms. The topological polar surface area (TPSA) is 12.0 Å². The highest BCUT2D eigenvalue weighted by Gasteiger charge is 2.09. The zero-order chi connectivity index (χ0) is 10.1. The molecule has 0 bridgehead atoms. The van der Waals surface area contributed by atoms with Crippen LogP contribution in [0, 0.1) is 5.92 Å². The molecule has 1 N–H and O–H groups in total. The summed E-state index contributed by atoms with van der Waals surface area (Å²) in [5.74, 6) is 0.874. The normalized spacial score (nSPS) is 15.7. The van der Waals surface area contributed by atoms with Crippen molar-refractivity contribution < 1.29 is 0 Å². The van der Waals surface area contributed by atoms with Crippen LogP contribution in [-0.2, 0) is 0 Å². The summed E-state index contributed by atoms with van der Waals surface area (Å²) in [5.41, 5.74) is 0. The predicted octanol–water partition coefficient (Wildman–Crippen LogP) is 3.59. The van der Waals surface area contributed by atoms with E-state index in [1.165, 1.54) is 38.5 Å². The van der Waals surface area contributed by atoms with E-state index >= 15 is 0 Å². The molecule has 0 aromatic heterocycles. The van der Waals surface area contributed by atoms with Gasteiger partial charge in [-0.2, -0.15) is 0 Å². The van der Waals surface area contributed by atoms with Gasteiger partial charge in [-0.15, -0.1) is 0 Å². The second-order valence-electron chi connectivity index (χ2n) is 4.23. The number of unbranched alkanes of at least 4 members (excludes halogenated alkanes) is 2. The van der Waals surface area contributed by atoms with Gasteiger partial charge in [-0.3, -0.25) is 0 Å². The summed E-state index contributed by atoms with van der Waals surface area (Å²) >= 11 is 0. The van der Waals surface area contributed by atoms with E-state index in [9.17, 15) is 0 Å². The van der Waals surface area contributed by atoms with Crippen molar-refractivity contribution in [1.29, 1.82) is 0 Å². The number of hydrogen-bond acceptors (Lipinski definition) is 1. The first-order valence-corrected chi connectivity index (χ1v) is 5.91. The first-order chi connectivity index (χ1) is 6.24. The summed E-state index contributed by atoms with van der Waals surface area (Å²) in [7, 11) is 2.10. The minimum absolute atomic E-state index is 0.751. The van der Waals surface area contributed by atoms with Crippen LogP contribution in [0.3, 0.4) is 0 Å². The minimum Gasteiger partial charge on any atom is -0.317 e. The predicted molar refractivity (Wildman–Crippen MR) is 61.1 cm³/mol. The molecule has 1 heteroatoms. The van der Waals surface area contributed by atoms with Crippen LogP contribution in [0.5, 0.6) is 0 Å². The summed E-state index contributed by atoms with van der Waals surface area (Å²) in [6.07, 6.45) is 8.12. The SMILES string of the molecule is CCCCCC(CC(C)CC)NC. The fraction of sp³-hybridized carbons (Fsp3) is 1.00. The Morgan fingerprint density at radius 1 is 1.15 bits per heavy atom. The minimum atomic E-state index is 0.751. The molecule has 0 aromatic rings. The van der Waals surface area contributed by atoms with Crippen molar-refractivity contribution in [3.63, 3.8) is 0 Å². The third-order valence-corrected chi connectivity index (χ3v) is 2.95. The summed E-state index contributed by atoms with van der Waals surface area (Å²) in [5, 5.41) is 3.43. The molecule has 0 aromatic carbocycles. The van der Waals surface area contributed by atoms with E-state index in [2.05, 4.69) is 33.1 Å². The third-order valence-electron chi connectivity index (χ3n) is 2.95. The molecule has 1 nitrogen and oxygen atoms in total. The lowest BCUT2D eigenvalue weighted by Crippen LogP contribution is -2.27. The van der Waals surface area contributed by atoms with Gasteiger partial charge in [0, 0.05) is 6.04 Å². The molecule has 0 aliphatic carbocycles. The first kappa shape index (κ1) is 13.0. The van der Waals surface area contributed by atoms with E-state index < -0.39 is 0 Å². The zero-order valence-corrected chi connectivity index (χ0v) is 9.90. The summed E-state index contributed by atoms with van der Waals surface area (Å²) in [6, 6.07) is 0.751. The van der Waals surface area contributed by atoms with Gasteiger partial charge in [0.1, 0.15) is 0 Å². The molecule has 0 aliphatic rings. The maximum atomic E-state index is 3.43. The van der Waals surface area contributed by atoms with Gasteiger partial charge in [-0.25, -0.2) is 0 Å². The van der Waals surface area contributed by atoms with Crippen molar-refractivity contribution in [3.05, 3.63) is 0 Å². The van der Waals surface area contributed by atoms with E-state index in [0.717, 1.165) is 12.0 Å². The molecular formula is C12H27N. The molecule has 0 rings (SSSR count). The Morgan fingerprint density at radius 3 is 2.31 bits per heavy atom. The van der Waals surface area contributed by atoms with Gasteiger partial charge in [-0.1, -0.05) is 46.5 Å². The van der Waals surface area contributed by atoms with Crippen molar-refractivity contribution >= 4 is 0 Å². The largest absolute Gasteiger partial charge is 0.317 e. The van der Waals surface area contributed by atoms with Gasteiger partial charge < -0.3 is 5.32 Å². The Balaban J connectivity index is 3.50. The lowest BCUT2D eigenvalue weighted by atomic mass is 9.96. The zero-order valence-electron chi connectivity index (χ0n) is 9.90. The molecule has 0 aliphatic heterocycles. The van der Waals surface area contributed by atoms with Crippen molar-refractivity contribution in [3.8, 4) is 0 Å². The van der Waals surface area contributed by atoms with Crippen LogP contribution in [0.2, 0.25) is 0 Å². The molecule has 2 unspecified atom stereocenters. The van der Waals surface area contributed by atoms with E-state index in [4.69, 9.17) is 0 Å². The second-order valence-corrected chi connectivity index (χ2v) is 4.23. The monoisotopic (exact) mass is 185 g/mol. The van der Waals surface area contributed by atoms with E-state index in [1.54, 1.807) is 0 Å². The number of hydrogen-bond donors (Lipinski definition) is 1. The summed E-state index contributed by atoms with van der Waals surface area (Å²) in [6.45, 7) is 6.90. The molecule has 0 amide bonds. The van der Waals surface area contributed by atoms with E-state index in [1.807, 2.05) is 0 Å². The average molecular weight is 185 g/mol. The van der Waals surface area contributed by atoms with Crippen LogP contribution in [0.25, 0.3) is 0 Å². The van der Waals surface area contributed by atoms with Crippen LogP contribution in [-0.4, -0.2) is 13.1 Å². The average Bonchev–Trinajstić information content (AvgIpc) is 2.16. The van der Waals surface area contributed by atoms with Gasteiger partial charge in [-0.05, 0) is 25.8 Å². The Morgan fingerprint density at radius 2 is 1.85 bits per heavy atom. The van der Waals surface area contributed by atoms with Crippen molar-refractivity contribution in [1.82, 2.24) is 5.32 Å². The van der Waals surface area contributed by atoms with Crippen LogP contribution in [0.1, 0.15) is 59.3 Å². The molecular weight excluding hydrogens is 158 g/mol. The highest BCUT2D eigenvalue weighted by Crippen LogP contribution is 2.14. The highest BCUT2D eigenvalue weighted by atomic mass is 14.9. The smallest absolute Gasteiger partial charge is 0.00665 e. The Kier molecular flexibility index (Phi) is 8.53. The second kappa shape index (κ2) is 8.55. The Hall–Kier alpha value is -0.0400. The van der Waals surface area contributed by atoms with Crippen LogP contribution in [0.4, 0.5) is 0 Å². The van der Waals surface area contributed by atoms with Gasteiger partial charge in [0.15, 0.2) is 0 Å². The Labute approximate surface area is 84.3 Å². The van der Waals surface area contributed by atoms with Gasteiger partial charge >= 0.3 is 0 Å². The van der Waals surface area contributed by atoms with Crippen LogP contribution >= 0.6 is 0 Å². The summed E-state index contributed by atoms with van der Waals surface area (Å²) < 4.78 is 0. The maximum Gasteiger partial charge on any atom is 0.00665 e. The van der Waals surface area contributed by atoms with E-state index in [0.29, 0.717) is 0 Å². The maximum absolute atomic E-state index is 3.43. The molecule has 2 atom stereocenters. The molecule has 80 valence electrons. The Bertz CT molecular complexity index is 101. The lowest BCUT2D eigenvalue weighted by molar-refractivity contribution is 0.385. The van der Waals surface area contributed by atoms with Gasteiger partial charge in [0.05, 0.1) is 0 Å². The summed E-state index contributed by atoms with van der Waals surface area (Å²) in [4.78, 5) is 0. The van der Waals surface area contributed by atoms with E-state index in [-0.39, 0.29) is 0 Å². The molecule has 0 radical (unpaired) electrons. The molecule has 13 heavy (non-hydrogen) atoms. The van der Waals surface area contributed by atoms with Crippen LogP contribution in [0.15, 0.2) is 0 Å². The number of rotatable bonds is 8. The van der Waals surface area contributed by atoms with Gasteiger partial charge in [0.25, 0.3) is 0 Å². The van der Waals surface area contributed by atoms with Gasteiger partial charge in [0.2, 0.25) is 0 Å². The van der Waals surface area contributed by atoms with Crippen molar-refractivity contribution in [2.24, 2.45) is 5.92 Å². The fourth-order valence-corrected chi connectivity index (χ4v) is 1.67. The quantitative estimate of drug-likeness (QED) is 0.570. The highest BCUT2D eigenvalue weighted by molar-refractivity contribution is 4.67. The standard InChI is InChI=1S/C12H27N/c1-5-7-8-9-12(13-4)10-11(3)6-2/h11-13H,5-10H2,1-4H3.